The fraction of sp³-hybridized carbons (Fsp3) is 0.0333. The minimum Gasteiger partial charge on any atom is -0.309 e. The summed E-state index contributed by atoms with van der Waals surface area (Å²) in [6.45, 7) is 5.92. The van der Waals surface area contributed by atoms with Crippen LogP contribution in [0.5, 0.6) is 0 Å². The summed E-state index contributed by atoms with van der Waals surface area (Å²) in [6, 6.07) is 73.8. The van der Waals surface area contributed by atoms with E-state index in [-0.39, 0.29) is 0 Å². The summed E-state index contributed by atoms with van der Waals surface area (Å²) in [5.74, 6) is 0. The van der Waals surface area contributed by atoms with Crippen LogP contribution in [0.25, 0.3) is 43.8 Å². The monoisotopic (exact) mass is 816 g/mol. The maximum Gasteiger partial charge on any atom is 0.101 e. The lowest BCUT2D eigenvalue weighted by atomic mass is 9.70. The number of allylic oxidation sites excluding steroid dienone is 4. The van der Waals surface area contributed by atoms with E-state index in [1.54, 1.807) is 6.08 Å². The number of hydrogen-bond donors (Lipinski definition) is 0. The molecule has 4 heteroatoms. The molecule has 9 aromatic carbocycles. The van der Waals surface area contributed by atoms with Gasteiger partial charge in [0.1, 0.15) is 12.1 Å². The van der Waals surface area contributed by atoms with Crippen LogP contribution in [0.2, 0.25) is 0 Å². The zero-order chi connectivity index (χ0) is 43.4. The van der Waals surface area contributed by atoms with Crippen LogP contribution in [0.15, 0.2) is 230 Å². The van der Waals surface area contributed by atoms with E-state index in [9.17, 15) is 10.5 Å². The molecule has 0 unspecified atom stereocenters. The van der Waals surface area contributed by atoms with E-state index in [1.807, 2.05) is 79.7 Å². The summed E-state index contributed by atoms with van der Waals surface area (Å²) in [7, 11) is 0. The molecule has 300 valence electrons. The molecule has 0 aromatic heterocycles. The van der Waals surface area contributed by atoms with E-state index >= 15 is 0 Å². The lowest BCUT2D eigenvalue weighted by Crippen LogP contribution is -2.25. The molecule has 2 aliphatic rings. The lowest BCUT2D eigenvalue weighted by molar-refractivity contribution is 0.796. The Morgan fingerprint density at radius 3 is 1.61 bits per heavy atom. The third-order valence-corrected chi connectivity index (χ3v) is 13.0. The van der Waals surface area contributed by atoms with Gasteiger partial charge < -0.3 is 9.80 Å². The number of nitrogens with zero attached hydrogens (tertiary/aromatic N) is 4. The highest BCUT2D eigenvalue weighted by Gasteiger charge is 2.51. The van der Waals surface area contributed by atoms with E-state index in [4.69, 9.17) is 0 Å². The first kappa shape index (κ1) is 38.2. The fourth-order valence-corrected chi connectivity index (χ4v) is 10.3. The number of anilines is 5. The van der Waals surface area contributed by atoms with Gasteiger partial charge in [-0.1, -0.05) is 128 Å². The van der Waals surface area contributed by atoms with Crippen LogP contribution >= 0.6 is 0 Å². The largest absolute Gasteiger partial charge is 0.309 e. The van der Waals surface area contributed by atoms with Crippen LogP contribution in [0.3, 0.4) is 0 Å². The molecule has 4 nitrogen and oxygen atoms in total. The zero-order valence-electron chi connectivity index (χ0n) is 35.2. The number of fused-ring (bicyclic) bond motifs is 12. The summed E-state index contributed by atoms with van der Waals surface area (Å²) in [5, 5.41) is 25.1. The molecule has 0 saturated heterocycles. The summed E-state index contributed by atoms with van der Waals surface area (Å²) < 4.78 is 0. The smallest absolute Gasteiger partial charge is 0.101 e. The molecule has 0 aliphatic heterocycles. The first-order valence-corrected chi connectivity index (χ1v) is 21.5. The quantitative estimate of drug-likeness (QED) is 0.113. The van der Waals surface area contributed by atoms with E-state index in [0.29, 0.717) is 11.1 Å². The molecule has 0 heterocycles. The summed E-state index contributed by atoms with van der Waals surface area (Å²) >= 11 is 0. The van der Waals surface area contributed by atoms with Gasteiger partial charge >= 0.3 is 0 Å². The average molecular weight is 817 g/mol. The Morgan fingerprint density at radius 2 is 1.03 bits per heavy atom. The van der Waals surface area contributed by atoms with Crippen molar-refractivity contribution in [2.75, 3.05) is 9.80 Å². The molecule has 9 aromatic rings. The van der Waals surface area contributed by atoms with Gasteiger partial charge in [-0.25, -0.2) is 0 Å². The van der Waals surface area contributed by atoms with Gasteiger partial charge in [0.05, 0.1) is 27.9 Å². The molecule has 1 spiro atoms. The van der Waals surface area contributed by atoms with E-state index in [2.05, 4.69) is 162 Å². The molecule has 0 atom stereocenters. The van der Waals surface area contributed by atoms with Crippen LogP contribution in [0, 0.1) is 22.7 Å². The summed E-state index contributed by atoms with van der Waals surface area (Å²) in [5.41, 5.74) is 15.9. The molecule has 64 heavy (non-hydrogen) atoms. The highest BCUT2D eigenvalue weighted by atomic mass is 15.2. The predicted molar refractivity (Wildman–Crippen MR) is 263 cm³/mol. The van der Waals surface area contributed by atoms with Crippen molar-refractivity contribution in [3.63, 3.8) is 0 Å². The van der Waals surface area contributed by atoms with Crippen molar-refractivity contribution in [3.05, 3.63) is 258 Å². The molecule has 11 rings (SSSR count). The molecule has 2 aliphatic carbocycles. The number of benzene rings is 9. The third-order valence-electron chi connectivity index (χ3n) is 13.0. The molecule has 0 N–H and O–H groups in total. The zero-order valence-corrected chi connectivity index (χ0v) is 35.2. The predicted octanol–water partition coefficient (Wildman–Crippen LogP) is 15.4. The number of para-hydroxylation sites is 3. The Balaban J connectivity index is 1.17. The second-order valence-corrected chi connectivity index (χ2v) is 16.3. The first-order chi connectivity index (χ1) is 31.6. The normalized spacial score (nSPS) is 13.1. The van der Waals surface area contributed by atoms with Gasteiger partial charge in [-0.2, -0.15) is 10.5 Å². The van der Waals surface area contributed by atoms with Crippen molar-refractivity contribution >= 4 is 50.0 Å². The molecule has 0 saturated carbocycles. The maximum absolute atomic E-state index is 10.3. The Hall–Kier alpha value is -8.70. The fourth-order valence-electron chi connectivity index (χ4n) is 10.3. The molecular weight excluding hydrogens is 777 g/mol. The van der Waals surface area contributed by atoms with Gasteiger partial charge in [-0.05, 0) is 164 Å². The Morgan fingerprint density at radius 1 is 0.500 bits per heavy atom. The van der Waals surface area contributed by atoms with Crippen LogP contribution in [-0.4, -0.2) is 0 Å². The van der Waals surface area contributed by atoms with Crippen molar-refractivity contribution in [1.29, 1.82) is 10.5 Å². The molecule has 0 fully saturated rings. The number of hydrogen-bond acceptors (Lipinski definition) is 4. The molecule has 0 radical (unpaired) electrons. The van der Waals surface area contributed by atoms with Gasteiger partial charge in [-0.3, -0.25) is 0 Å². The highest BCUT2D eigenvalue weighted by Crippen LogP contribution is 2.64. The summed E-state index contributed by atoms with van der Waals surface area (Å²) in [4.78, 5) is 4.33. The third kappa shape index (κ3) is 5.75. The van der Waals surface area contributed by atoms with Crippen molar-refractivity contribution < 1.29 is 0 Å². The van der Waals surface area contributed by atoms with Gasteiger partial charge in [0, 0.05) is 22.7 Å². The van der Waals surface area contributed by atoms with Crippen molar-refractivity contribution in [2.24, 2.45) is 0 Å². The van der Waals surface area contributed by atoms with Crippen LogP contribution in [0.4, 0.5) is 28.4 Å². The number of rotatable bonds is 8. The van der Waals surface area contributed by atoms with Gasteiger partial charge in [0.25, 0.3) is 0 Å². The van der Waals surface area contributed by atoms with Gasteiger partial charge in [-0.15, -0.1) is 0 Å². The second kappa shape index (κ2) is 15.3. The van der Waals surface area contributed by atoms with Crippen molar-refractivity contribution in [2.45, 2.75) is 12.3 Å². The van der Waals surface area contributed by atoms with E-state index in [1.165, 1.54) is 44.5 Å². The minimum absolute atomic E-state index is 0.558. The Kier molecular flexibility index (Phi) is 9.16. The number of nitriles is 2. The van der Waals surface area contributed by atoms with Crippen molar-refractivity contribution in [1.82, 2.24) is 0 Å². The van der Waals surface area contributed by atoms with Crippen LogP contribution < -0.4 is 9.80 Å². The topological polar surface area (TPSA) is 54.1 Å². The molecule has 0 amide bonds. The van der Waals surface area contributed by atoms with Gasteiger partial charge in [0.15, 0.2) is 0 Å². The van der Waals surface area contributed by atoms with E-state index in [0.717, 1.165) is 55.7 Å². The maximum atomic E-state index is 10.3. The van der Waals surface area contributed by atoms with E-state index < -0.39 is 5.41 Å². The molecule has 0 bridgehead atoms. The lowest BCUT2D eigenvalue weighted by Gasteiger charge is -2.31. The average Bonchev–Trinajstić information content (AvgIpc) is 3.80. The SMILES string of the molecule is C=C/C=C(\C(C#N)=C/C)N(c1ccccc1)c1ccc2cc3c(cc2c1)C1(c2ccccc2-c2ccccc21)c1cc2cc(N(c4ccccc4)c4ccccc4C#N)ccc2cc1-3. The molecular formula is C60H40N4. The van der Waals surface area contributed by atoms with Crippen LogP contribution in [-0.2, 0) is 5.41 Å². The van der Waals surface area contributed by atoms with Crippen molar-refractivity contribution in [3.8, 4) is 34.4 Å². The standard InChI is InChI=1S/C60H40N4/c1-3-17-58(40(4-2)38-61)63(46-19-7-5-8-20-46)48-30-28-41-34-52-53-35-42-29-31-49(64(47-21-9-6-10-22-47)59-27-16-11-18-43(59)39-62)33-45(42)37-57(53)60(56(52)36-44(41)32-48)54-25-14-12-23-50(54)51-24-13-15-26-55(51)60/h3-37H,1H2,2H3/b40-4-,58-17+. The van der Waals surface area contributed by atoms with Crippen LogP contribution in [0.1, 0.15) is 34.7 Å². The highest BCUT2D eigenvalue weighted by molar-refractivity contribution is 6.04. The minimum atomic E-state index is -0.593. The summed E-state index contributed by atoms with van der Waals surface area (Å²) in [6.07, 6.45) is 5.51. The first-order valence-electron chi connectivity index (χ1n) is 21.5. The second-order valence-electron chi connectivity index (χ2n) is 16.3. The Bertz CT molecular complexity index is 3460. The van der Waals surface area contributed by atoms with Gasteiger partial charge in [0.2, 0.25) is 0 Å². The Labute approximate surface area is 373 Å².